The fourth-order valence-electron chi connectivity index (χ4n) is 3.98. The van der Waals surface area contributed by atoms with Gasteiger partial charge in [-0.15, -0.1) is 10.2 Å². The summed E-state index contributed by atoms with van der Waals surface area (Å²) in [5.74, 6) is -0.579. The predicted octanol–water partition coefficient (Wildman–Crippen LogP) is 3.22. The highest BCUT2D eigenvalue weighted by molar-refractivity contribution is 7.18. The molecule has 5 rings (SSSR count). The average Bonchev–Trinajstić information content (AvgIpc) is 3.58. The maximum Gasteiger partial charge on any atom is 0.259 e. The fourth-order valence-corrected chi connectivity index (χ4v) is 4.88. The number of rotatable bonds is 7. The SMILES string of the molecule is O=C(CN1CCN(C2CC2)CC1)Nc1cc(Cl)ccc1C(=O)Nc1nnc(-c2cccnc2)s1. The zero-order chi connectivity index (χ0) is 23.5. The molecule has 2 aliphatic rings. The lowest BCUT2D eigenvalue weighted by atomic mass is 10.1. The van der Waals surface area contributed by atoms with Crippen molar-refractivity contribution in [1.82, 2.24) is 25.0 Å². The number of carbonyl (C=O) groups excluding carboxylic acids is 2. The minimum atomic E-state index is -0.404. The Labute approximate surface area is 206 Å². The van der Waals surface area contributed by atoms with E-state index in [1.807, 2.05) is 12.1 Å². The molecule has 0 spiro atoms. The standard InChI is InChI=1S/C23H24ClN7O2S/c24-16-3-6-18(21(33)27-23-29-28-22(34-23)15-2-1-7-25-13-15)19(12-16)26-20(32)14-30-8-10-31(11-9-30)17-4-5-17/h1-3,6-7,12-13,17H,4-5,8-11,14H2,(H,26,32)(H,27,29,33). The molecule has 176 valence electrons. The molecule has 2 N–H and O–H groups in total. The van der Waals surface area contributed by atoms with Gasteiger partial charge in [0.05, 0.1) is 17.8 Å². The highest BCUT2D eigenvalue weighted by Crippen LogP contribution is 2.28. The maximum atomic E-state index is 13.0. The van der Waals surface area contributed by atoms with E-state index in [9.17, 15) is 9.59 Å². The molecule has 3 heterocycles. The highest BCUT2D eigenvalue weighted by Gasteiger charge is 2.31. The molecule has 2 aromatic heterocycles. The predicted molar refractivity (Wildman–Crippen MR) is 132 cm³/mol. The summed E-state index contributed by atoms with van der Waals surface area (Å²) < 4.78 is 0. The Bertz CT molecular complexity index is 1180. The zero-order valence-corrected chi connectivity index (χ0v) is 20.0. The number of hydrogen-bond acceptors (Lipinski definition) is 8. The number of nitrogens with zero attached hydrogens (tertiary/aromatic N) is 5. The number of aromatic nitrogens is 3. The normalized spacial score (nSPS) is 16.9. The van der Waals surface area contributed by atoms with Gasteiger partial charge in [-0.3, -0.25) is 29.7 Å². The van der Waals surface area contributed by atoms with E-state index in [1.165, 1.54) is 24.2 Å². The van der Waals surface area contributed by atoms with Crippen molar-refractivity contribution in [3.05, 3.63) is 53.3 Å². The lowest BCUT2D eigenvalue weighted by Crippen LogP contribution is -2.49. The number of hydrogen-bond donors (Lipinski definition) is 2. The number of piperazine rings is 1. The first-order valence-corrected chi connectivity index (χ1v) is 12.4. The monoisotopic (exact) mass is 497 g/mol. The number of benzene rings is 1. The number of nitrogens with one attached hydrogen (secondary N) is 2. The van der Waals surface area contributed by atoms with Crippen LogP contribution in [0.1, 0.15) is 23.2 Å². The Kier molecular flexibility index (Phi) is 6.82. The Morgan fingerprint density at radius 2 is 1.91 bits per heavy atom. The number of anilines is 2. The van der Waals surface area contributed by atoms with E-state index in [4.69, 9.17) is 11.6 Å². The van der Waals surface area contributed by atoms with Crippen molar-refractivity contribution in [3.63, 3.8) is 0 Å². The Hall–Kier alpha value is -2.92. The summed E-state index contributed by atoms with van der Waals surface area (Å²) in [5.41, 5.74) is 1.48. The van der Waals surface area contributed by atoms with Gasteiger partial charge >= 0.3 is 0 Å². The topological polar surface area (TPSA) is 103 Å². The third-order valence-electron chi connectivity index (χ3n) is 5.89. The quantitative estimate of drug-likeness (QED) is 0.516. The Morgan fingerprint density at radius 1 is 1.09 bits per heavy atom. The molecular weight excluding hydrogens is 474 g/mol. The third-order valence-corrected chi connectivity index (χ3v) is 7.01. The fraction of sp³-hybridized carbons (Fsp3) is 0.348. The van der Waals surface area contributed by atoms with Gasteiger partial charge in [0.2, 0.25) is 11.0 Å². The van der Waals surface area contributed by atoms with Crippen LogP contribution in [0.3, 0.4) is 0 Å². The molecule has 11 heteroatoms. The van der Waals surface area contributed by atoms with Crippen molar-refractivity contribution in [1.29, 1.82) is 0 Å². The molecule has 2 amide bonds. The average molecular weight is 498 g/mol. The third kappa shape index (κ3) is 5.58. The van der Waals surface area contributed by atoms with Gasteiger partial charge < -0.3 is 5.32 Å². The summed E-state index contributed by atoms with van der Waals surface area (Å²) >= 11 is 7.40. The van der Waals surface area contributed by atoms with Gasteiger partial charge in [-0.1, -0.05) is 22.9 Å². The van der Waals surface area contributed by atoms with Crippen LogP contribution in [0.25, 0.3) is 10.6 Å². The number of pyridine rings is 1. The lowest BCUT2D eigenvalue weighted by molar-refractivity contribution is -0.117. The summed E-state index contributed by atoms with van der Waals surface area (Å²) in [6.45, 7) is 3.99. The molecule has 9 nitrogen and oxygen atoms in total. The molecule has 1 saturated carbocycles. The molecule has 34 heavy (non-hydrogen) atoms. The van der Waals surface area contributed by atoms with Crippen LogP contribution in [-0.2, 0) is 4.79 Å². The molecule has 3 aromatic rings. The van der Waals surface area contributed by atoms with Crippen LogP contribution >= 0.6 is 22.9 Å². The van der Waals surface area contributed by atoms with Gasteiger partial charge in [-0.25, -0.2) is 0 Å². The van der Waals surface area contributed by atoms with Crippen molar-refractivity contribution in [2.45, 2.75) is 18.9 Å². The van der Waals surface area contributed by atoms with E-state index in [2.05, 4.69) is 35.6 Å². The lowest BCUT2D eigenvalue weighted by Gasteiger charge is -2.34. The maximum absolute atomic E-state index is 13.0. The van der Waals surface area contributed by atoms with E-state index in [0.717, 1.165) is 37.8 Å². The van der Waals surface area contributed by atoms with E-state index in [0.29, 0.717) is 26.4 Å². The van der Waals surface area contributed by atoms with Crippen molar-refractivity contribution >= 4 is 45.6 Å². The van der Waals surface area contributed by atoms with Gasteiger partial charge in [0.1, 0.15) is 0 Å². The second-order valence-electron chi connectivity index (χ2n) is 8.39. The van der Waals surface area contributed by atoms with E-state index in [-0.39, 0.29) is 12.5 Å². The zero-order valence-electron chi connectivity index (χ0n) is 18.4. The summed E-state index contributed by atoms with van der Waals surface area (Å²) in [5, 5.41) is 15.2. The van der Waals surface area contributed by atoms with Gasteiger partial charge in [-0.05, 0) is 43.2 Å². The van der Waals surface area contributed by atoms with Crippen LogP contribution in [0.4, 0.5) is 10.8 Å². The van der Waals surface area contributed by atoms with Crippen LogP contribution < -0.4 is 10.6 Å². The number of halogens is 1. The molecule has 0 unspecified atom stereocenters. The first-order chi connectivity index (χ1) is 16.5. The molecule has 0 radical (unpaired) electrons. The molecule has 1 aliphatic heterocycles. The Morgan fingerprint density at radius 3 is 2.65 bits per heavy atom. The van der Waals surface area contributed by atoms with E-state index >= 15 is 0 Å². The second kappa shape index (κ2) is 10.1. The van der Waals surface area contributed by atoms with Crippen molar-refractivity contribution in [3.8, 4) is 10.6 Å². The van der Waals surface area contributed by atoms with E-state index in [1.54, 1.807) is 30.6 Å². The Balaban J connectivity index is 1.22. The van der Waals surface area contributed by atoms with Crippen molar-refractivity contribution in [2.24, 2.45) is 0 Å². The van der Waals surface area contributed by atoms with E-state index < -0.39 is 5.91 Å². The molecule has 1 saturated heterocycles. The van der Waals surface area contributed by atoms with Gasteiger partial charge in [0.15, 0.2) is 5.01 Å². The van der Waals surface area contributed by atoms with Crippen molar-refractivity contribution < 1.29 is 9.59 Å². The summed E-state index contributed by atoms with van der Waals surface area (Å²) in [6.07, 6.45) is 5.95. The van der Waals surface area contributed by atoms with Crippen LogP contribution in [0.2, 0.25) is 5.02 Å². The first-order valence-electron chi connectivity index (χ1n) is 11.2. The molecule has 0 atom stereocenters. The van der Waals surface area contributed by atoms with Gasteiger partial charge in [-0.2, -0.15) is 0 Å². The molecule has 1 aromatic carbocycles. The number of amides is 2. The second-order valence-corrected chi connectivity index (χ2v) is 9.80. The largest absolute Gasteiger partial charge is 0.324 e. The smallest absolute Gasteiger partial charge is 0.259 e. The van der Waals surface area contributed by atoms with Crippen molar-refractivity contribution in [2.75, 3.05) is 43.4 Å². The first kappa shape index (κ1) is 22.9. The van der Waals surface area contributed by atoms with Crippen LogP contribution in [-0.4, -0.2) is 75.6 Å². The van der Waals surface area contributed by atoms with Gasteiger partial charge in [0.25, 0.3) is 5.91 Å². The summed E-state index contributed by atoms with van der Waals surface area (Å²) in [4.78, 5) is 34.4. The van der Waals surface area contributed by atoms with Crippen LogP contribution in [0.5, 0.6) is 0 Å². The molecule has 1 aliphatic carbocycles. The molecular formula is C23H24ClN7O2S. The van der Waals surface area contributed by atoms with Gasteiger partial charge in [0, 0.05) is 55.2 Å². The number of carbonyl (C=O) groups is 2. The van der Waals surface area contributed by atoms with Crippen LogP contribution in [0.15, 0.2) is 42.7 Å². The highest BCUT2D eigenvalue weighted by atomic mass is 35.5. The summed E-state index contributed by atoms with van der Waals surface area (Å²) in [7, 11) is 0. The minimum Gasteiger partial charge on any atom is -0.324 e. The summed E-state index contributed by atoms with van der Waals surface area (Å²) in [6, 6.07) is 9.22. The van der Waals surface area contributed by atoms with Crippen LogP contribution in [0, 0.1) is 0 Å². The molecule has 0 bridgehead atoms. The minimum absolute atomic E-state index is 0.175. The molecule has 2 fully saturated rings.